The second-order valence-corrected chi connectivity index (χ2v) is 16.5. The van der Waals surface area contributed by atoms with Gasteiger partial charge in [0.2, 0.25) is 0 Å². The molecule has 58 heavy (non-hydrogen) atoms. The normalized spacial score (nSPS) is 13.6. The van der Waals surface area contributed by atoms with Crippen LogP contribution in [0.1, 0.15) is 18.4 Å². The first-order chi connectivity index (χ1) is 28.8. The minimum absolute atomic E-state index is 0.905. The van der Waals surface area contributed by atoms with E-state index in [4.69, 9.17) is 4.99 Å². The molecule has 0 saturated carbocycles. The summed E-state index contributed by atoms with van der Waals surface area (Å²) in [6.45, 7) is 0. The highest BCUT2D eigenvalue weighted by atomic mass is 32.1. The molecule has 272 valence electrons. The van der Waals surface area contributed by atoms with Crippen molar-refractivity contribution in [3.05, 3.63) is 188 Å². The van der Waals surface area contributed by atoms with Crippen LogP contribution in [0.3, 0.4) is 0 Å². The zero-order valence-electron chi connectivity index (χ0n) is 31.4. The molecule has 8 aromatic carbocycles. The van der Waals surface area contributed by atoms with Gasteiger partial charge >= 0.3 is 0 Å². The Balaban J connectivity index is 1.04. The maximum Gasteiger partial charge on any atom is 0.133 e. The van der Waals surface area contributed by atoms with Crippen molar-refractivity contribution in [1.82, 2.24) is 13.7 Å². The van der Waals surface area contributed by atoms with Gasteiger partial charge in [-0.05, 0) is 91.2 Å². The van der Waals surface area contributed by atoms with Gasteiger partial charge in [0.1, 0.15) is 5.82 Å². The molecule has 0 N–H and O–H groups in total. The SMILES string of the molecule is C1=C(n2c3ccccc3c3ccc4c5ccccc5n(-c5ccc(-n6c7ccccc7c7ccccc76)cc5)c4c32)N=C(c2ccc3sc4ccccc4c3c2)CC1. The van der Waals surface area contributed by atoms with E-state index in [1.807, 2.05) is 11.3 Å². The Morgan fingerprint density at radius 1 is 0.397 bits per heavy atom. The van der Waals surface area contributed by atoms with Gasteiger partial charge in [0, 0.05) is 63.9 Å². The second-order valence-electron chi connectivity index (χ2n) is 15.4. The molecule has 0 unspecified atom stereocenters. The van der Waals surface area contributed by atoms with E-state index in [-0.39, 0.29) is 0 Å². The molecule has 0 aliphatic carbocycles. The summed E-state index contributed by atoms with van der Waals surface area (Å²) in [6, 6.07) is 64.5. The number of allylic oxidation sites excluding steroid dienone is 1. The molecule has 0 atom stereocenters. The number of hydrogen-bond acceptors (Lipinski definition) is 2. The van der Waals surface area contributed by atoms with Crippen LogP contribution in [-0.4, -0.2) is 19.4 Å². The van der Waals surface area contributed by atoms with E-state index in [9.17, 15) is 0 Å². The molecular weight excluding hydrogens is 725 g/mol. The van der Waals surface area contributed by atoms with Crippen LogP contribution in [0.15, 0.2) is 187 Å². The largest absolute Gasteiger partial charge is 0.309 e. The topological polar surface area (TPSA) is 27.1 Å². The van der Waals surface area contributed by atoms with Crippen LogP contribution in [0.2, 0.25) is 0 Å². The number of aliphatic imine (C=N–C) groups is 1. The molecule has 4 nitrogen and oxygen atoms in total. The van der Waals surface area contributed by atoms with Gasteiger partial charge in [0.25, 0.3) is 0 Å². The molecule has 0 amide bonds. The first-order valence-corrected chi connectivity index (χ1v) is 20.8. The molecule has 13 rings (SSSR count). The standard InChI is InChI=1S/C53H34N4S/c1-6-18-45-36(12-1)37-13-2-7-19-46(37)55(45)34-25-27-35(28-26-34)56-47-20-8-3-14-38(47)41-29-30-42-39-15-4-9-21-48(39)57(53(42)52(41)56)51-23-11-17-44(54-51)33-24-31-50-43(32-33)40-16-5-10-22-49(40)58-50/h1-10,12-16,18-32H,11,17H2. The van der Waals surface area contributed by atoms with E-state index in [1.54, 1.807) is 0 Å². The van der Waals surface area contributed by atoms with Gasteiger partial charge in [0.05, 0.1) is 38.8 Å². The molecule has 1 aliphatic rings. The third kappa shape index (κ3) is 4.48. The van der Waals surface area contributed by atoms with Crippen molar-refractivity contribution in [2.75, 3.05) is 0 Å². The van der Waals surface area contributed by atoms with Gasteiger partial charge in [-0.3, -0.25) is 4.57 Å². The number of nitrogens with zero attached hydrogens (tertiary/aromatic N) is 4. The number of thiophene rings is 1. The van der Waals surface area contributed by atoms with Gasteiger partial charge < -0.3 is 9.13 Å². The lowest BCUT2D eigenvalue weighted by Crippen LogP contribution is -2.08. The summed E-state index contributed by atoms with van der Waals surface area (Å²) in [6.07, 6.45) is 4.16. The van der Waals surface area contributed by atoms with Crippen LogP contribution in [-0.2, 0) is 0 Å². The van der Waals surface area contributed by atoms with Crippen LogP contribution in [0.5, 0.6) is 0 Å². The molecule has 0 saturated heterocycles. The predicted octanol–water partition coefficient (Wildman–Crippen LogP) is 14.4. The zero-order valence-corrected chi connectivity index (χ0v) is 32.2. The van der Waals surface area contributed by atoms with Crippen molar-refractivity contribution in [1.29, 1.82) is 0 Å². The fourth-order valence-electron chi connectivity index (χ4n) is 9.79. The molecule has 1 aliphatic heterocycles. The Kier molecular flexibility index (Phi) is 6.69. The summed E-state index contributed by atoms with van der Waals surface area (Å²) in [7, 11) is 0. The number of hydrogen-bond donors (Lipinski definition) is 0. The van der Waals surface area contributed by atoms with Gasteiger partial charge in [0.15, 0.2) is 0 Å². The summed E-state index contributed by atoms with van der Waals surface area (Å²) in [4.78, 5) is 5.55. The van der Waals surface area contributed by atoms with Crippen molar-refractivity contribution >= 4 is 108 Å². The summed E-state index contributed by atoms with van der Waals surface area (Å²) >= 11 is 1.86. The molecule has 0 bridgehead atoms. The van der Waals surface area contributed by atoms with E-state index in [0.717, 1.165) is 35.7 Å². The van der Waals surface area contributed by atoms with E-state index in [0.29, 0.717) is 0 Å². The van der Waals surface area contributed by atoms with E-state index in [2.05, 4.69) is 196 Å². The fourth-order valence-corrected chi connectivity index (χ4v) is 10.9. The third-order valence-electron chi connectivity index (χ3n) is 12.3. The Morgan fingerprint density at radius 3 is 1.52 bits per heavy atom. The first kappa shape index (κ1) is 31.9. The molecule has 5 heteroatoms. The average Bonchev–Trinajstić information content (AvgIpc) is 4.03. The van der Waals surface area contributed by atoms with Crippen molar-refractivity contribution in [2.45, 2.75) is 12.8 Å². The molecule has 0 spiro atoms. The lowest BCUT2D eigenvalue weighted by molar-refractivity contribution is 1.02. The Labute approximate surface area is 337 Å². The molecule has 4 aromatic heterocycles. The average molecular weight is 759 g/mol. The van der Waals surface area contributed by atoms with Gasteiger partial charge in [-0.15, -0.1) is 11.3 Å². The number of fused-ring (bicyclic) bond motifs is 13. The number of aromatic nitrogens is 3. The van der Waals surface area contributed by atoms with Crippen LogP contribution < -0.4 is 0 Å². The lowest BCUT2D eigenvalue weighted by atomic mass is 10.0. The minimum Gasteiger partial charge on any atom is -0.309 e. The van der Waals surface area contributed by atoms with E-state index >= 15 is 0 Å². The minimum atomic E-state index is 0.905. The van der Waals surface area contributed by atoms with Crippen LogP contribution in [0.25, 0.3) is 103 Å². The van der Waals surface area contributed by atoms with Crippen molar-refractivity contribution in [3.63, 3.8) is 0 Å². The Hall–Kier alpha value is -7.21. The monoisotopic (exact) mass is 758 g/mol. The highest BCUT2D eigenvalue weighted by molar-refractivity contribution is 7.25. The van der Waals surface area contributed by atoms with Crippen LogP contribution in [0, 0.1) is 0 Å². The summed E-state index contributed by atoms with van der Waals surface area (Å²) in [5, 5.41) is 10.1. The van der Waals surface area contributed by atoms with E-state index < -0.39 is 0 Å². The molecule has 12 aromatic rings. The van der Waals surface area contributed by atoms with E-state index in [1.165, 1.54) is 91.2 Å². The van der Waals surface area contributed by atoms with Crippen LogP contribution >= 0.6 is 11.3 Å². The smallest absolute Gasteiger partial charge is 0.133 e. The van der Waals surface area contributed by atoms with Gasteiger partial charge in [-0.25, -0.2) is 4.99 Å². The van der Waals surface area contributed by atoms with Crippen molar-refractivity contribution in [2.24, 2.45) is 4.99 Å². The highest BCUT2D eigenvalue weighted by Gasteiger charge is 2.23. The van der Waals surface area contributed by atoms with Crippen molar-refractivity contribution < 1.29 is 0 Å². The van der Waals surface area contributed by atoms with Crippen LogP contribution in [0.4, 0.5) is 0 Å². The lowest BCUT2D eigenvalue weighted by Gasteiger charge is -2.17. The Morgan fingerprint density at radius 2 is 0.879 bits per heavy atom. The molecule has 0 fully saturated rings. The fraction of sp³-hybridized carbons (Fsp3) is 0.0377. The maximum atomic E-state index is 5.55. The number of benzene rings is 8. The third-order valence-corrected chi connectivity index (χ3v) is 13.5. The summed E-state index contributed by atoms with van der Waals surface area (Å²) in [5.74, 6) is 0.980. The molecular formula is C53H34N4S. The quantitative estimate of drug-likeness (QED) is 0.171. The van der Waals surface area contributed by atoms with Gasteiger partial charge in [-0.2, -0.15) is 0 Å². The predicted molar refractivity (Wildman–Crippen MR) is 247 cm³/mol. The summed E-state index contributed by atoms with van der Waals surface area (Å²) < 4.78 is 9.94. The zero-order chi connectivity index (χ0) is 37.9. The molecule has 5 heterocycles. The highest BCUT2D eigenvalue weighted by Crippen LogP contribution is 2.43. The van der Waals surface area contributed by atoms with Gasteiger partial charge in [-0.1, -0.05) is 109 Å². The van der Waals surface area contributed by atoms with Crippen molar-refractivity contribution in [3.8, 4) is 11.4 Å². The molecule has 0 radical (unpaired) electrons. The maximum absolute atomic E-state index is 5.55. The second kappa shape index (κ2) is 12.1. The summed E-state index contributed by atoms with van der Waals surface area (Å²) in [5.41, 5.74) is 11.7. The number of rotatable bonds is 4. The first-order valence-electron chi connectivity index (χ1n) is 20.0. The Bertz CT molecular complexity index is 3680. The number of para-hydroxylation sites is 4.